The summed E-state index contributed by atoms with van der Waals surface area (Å²) >= 11 is 1.50. The monoisotopic (exact) mass is 922 g/mol. The molecule has 0 bridgehead atoms. The van der Waals surface area contributed by atoms with E-state index in [4.69, 9.17) is 15.2 Å². The molecule has 2 heterocycles. The largest absolute Gasteiger partial charge is 0.399 e. The van der Waals surface area contributed by atoms with Gasteiger partial charge in [-0.1, -0.05) is 118 Å². The van der Waals surface area contributed by atoms with Crippen molar-refractivity contribution in [2.75, 3.05) is 53.7 Å². The lowest BCUT2D eigenvalue weighted by Gasteiger charge is -2.39. The van der Waals surface area contributed by atoms with E-state index in [2.05, 4.69) is 29.5 Å². The maximum absolute atomic E-state index is 14.3. The molecule has 1 aliphatic heterocycles. The first-order valence-corrected chi connectivity index (χ1v) is 24.7. The summed E-state index contributed by atoms with van der Waals surface area (Å²) < 4.78 is 12.1. The lowest BCUT2D eigenvalue weighted by molar-refractivity contribution is -0.146. The molecule has 8 unspecified atom stereocenters. The molecule has 1 saturated heterocycles. The van der Waals surface area contributed by atoms with Crippen LogP contribution in [0.3, 0.4) is 0 Å². The number of likely N-dealkylation sites (tertiary alicyclic amines) is 1. The third kappa shape index (κ3) is 17.4. The summed E-state index contributed by atoms with van der Waals surface area (Å²) in [5, 5.41) is 8.87. The standard InChI is InChI=1S/C46H69N7O6S.C3H8.C2H6/c1-10-31(4)42(52(7)40(55)29-49-45(57)41(30(2)3)51(6)25-22-33-18-20-35(47)21-19-33)38(58-8)28-39(54)53-24-14-17-37(53)43(59-9)32(5)44(56)50-36(46-48-23-26-60-46)27-34-15-12-11-13-16-34;1-3-2;1-2/h11-13,15-16,18-21,23,26,30-32,36-38,41-43H,10,14,17,22,24-25,27-29,47H2,1-9H3,(H,49,57)(H,50,56);3H2,1-2H3;1-2H3. The van der Waals surface area contributed by atoms with Crippen LogP contribution in [0.4, 0.5) is 5.69 Å². The van der Waals surface area contributed by atoms with E-state index >= 15 is 0 Å². The predicted molar refractivity (Wildman–Crippen MR) is 265 cm³/mol. The van der Waals surface area contributed by atoms with Crippen LogP contribution < -0.4 is 16.4 Å². The van der Waals surface area contributed by atoms with Gasteiger partial charge in [-0.2, -0.15) is 0 Å². The number of nitrogens with zero attached hydrogens (tertiary/aromatic N) is 4. The molecule has 4 rings (SSSR count). The summed E-state index contributed by atoms with van der Waals surface area (Å²) in [6, 6.07) is 16.2. The van der Waals surface area contributed by atoms with Crippen LogP contribution in [-0.2, 0) is 41.5 Å². The summed E-state index contributed by atoms with van der Waals surface area (Å²) in [4.78, 5) is 65.6. The molecule has 0 aliphatic carbocycles. The van der Waals surface area contributed by atoms with Crippen molar-refractivity contribution in [2.24, 2.45) is 17.8 Å². The highest BCUT2D eigenvalue weighted by Crippen LogP contribution is 2.30. The van der Waals surface area contributed by atoms with E-state index in [0.29, 0.717) is 31.6 Å². The van der Waals surface area contributed by atoms with Crippen LogP contribution in [-0.4, -0.2) is 122 Å². The van der Waals surface area contributed by atoms with Gasteiger partial charge in [-0.15, -0.1) is 11.3 Å². The number of nitrogens with two attached hydrogens (primary N) is 1. The zero-order valence-electron chi connectivity index (χ0n) is 41.8. The number of likely N-dealkylation sites (N-methyl/N-ethyl adjacent to an activating group) is 2. The lowest BCUT2D eigenvalue weighted by atomic mass is 9.90. The Bertz CT molecular complexity index is 1800. The van der Waals surface area contributed by atoms with Crippen LogP contribution in [0.5, 0.6) is 0 Å². The Morgan fingerprint density at radius 3 is 2.12 bits per heavy atom. The third-order valence-corrected chi connectivity index (χ3v) is 13.1. The van der Waals surface area contributed by atoms with E-state index < -0.39 is 30.2 Å². The summed E-state index contributed by atoms with van der Waals surface area (Å²) in [6.07, 6.45) is 5.45. The Labute approximate surface area is 395 Å². The molecular weight excluding hydrogens is 839 g/mol. The molecule has 0 spiro atoms. The number of ether oxygens (including phenoxy) is 2. The Morgan fingerprint density at radius 2 is 1.57 bits per heavy atom. The highest BCUT2D eigenvalue weighted by Gasteiger charge is 2.42. The fourth-order valence-corrected chi connectivity index (χ4v) is 9.31. The van der Waals surface area contributed by atoms with Gasteiger partial charge in [0.15, 0.2) is 0 Å². The molecule has 364 valence electrons. The van der Waals surface area contributed by atoms with Crippen molar-refractivity contribution >= 4 is 40.7 Å². The predicted octanol–water partition coefficient (Wildman–Crippen LogP) is 7.80. The van der Waals surface area contributed by atoms with Crippen molar-refractivity contribution in [3.8, 4) is 0 Å². The Kier molecular flexibility index (Phi) is 26.2. The van der Waals surface area contributed by atoms with Crippen molar-refractivity contribution in [3.05, 3.63) is 82.3 Å². The number of nitrogens with one attached hydrogen (secondary N) is 2. The fourth-order valence-electron chi connectivity index (χ4n) is 8.62. The average molecular weight is 922 g/mol. The molecule has 8 atom stereocenters. The van der Waals surface area contributed by atoms with Gasteiger partial charge in [-0.25, -0.2) is 4.98 Å². The van der Waals surface area contributed by atoms with Crippen molar-refractivity contribution in [1.29, 1.82) is 0 Å². The molecule has 4 N–H and O–H groups in total. The van der Waals surface area contributed by atoms with Gasteiger partial charge >= 0.3 is 0 Å². The lowest BCUT2D eigenvalue weighted by Crippen LogP contribution is -2.55. The van der Waals surface area contributed by atoms with Crippen LogP contribution in [0.25, 0.3) is 0 Å². The number of carbonyl (C=O) groups is 4. The summed E-state index contributed by atoms with van der Waals surface area (Å²) in [7, 11) is 6.81. The van der Waals surface area contributed by atoms with Gasteiger partial charge in [0.25, 0.3) is 0 Å². The number of benzene rings is 2. The van der Waals surface area contributed by atoms with Crippen LogP contribution in [0.15, 0.2) is 66.2 Å². The molecule has 0 radical (unpaired) electrons. The number of hydrogen-bond donors (Lipinski definition) is 3. The van der Waals surface area contributed by atoms with Gasteiger partial charge in [0, 0.05) is 51.6 Å². The first-order chi connectivity index (χ1) is 31.1. The second-order valence-corrected chi connectivity index (χ2v) is 18.3. The molecule has 14 heteroatoms. The normalized spacial score (nSPS) is 16.7. The van der Waals surface area contributed by atoms with Crippen LogP contribution >= 0.6 is 11.3 Å². The molecule has 1 aromatic heterocycles. The van der Waals surface area contributed by atoms with E-state index in [1.54, 1.807) is 32.4 Å². The maximum Gasteiger partial charge on any atom is 0.242 e. The average Bonchev–Trinajstić information content (AvgIpc) is 4.03. The number of amides is 4. The minimum Gasteiger partial charge on any atom is -0.399 e. The molecule has 4 amide bonds. The number of nitrogen functional groups attached to an aromatic ring is 1. The quantitative estimate of drug-likeness (QED) is 0.0807. The van der Waals surface area contributed by atoms with Crippen molar-refractivity contribution < 1.29 is 28.7 Å². The van der Waals surface area contributed by atoms with Crippen LogP contribution in [0.1, 0.15) is 117 Å². The van der Waals surface area contributed by atoms with E-state index in [1.165, 1.54) is 17.8 Å². The molecule has 65 heavy (non-hydrogen) atoms. The van der Waals surface area contributed by atoms with E-state index in [1.807, 2.05) is 125 Å². The first-order valence-electron chi connectivity index (χ1n) is 23.8. The number of carbonyl (C=O) groups excluding carboxylic acids is 4. The second-order valence-electron chi connectivity index (χ2n) is 17.4. The Morgan fingerprint density at radius 1 is 0.923 bits per heavy atom. The zero-order valence-corrected chi connectivity index (χ0v) is 42.7. The van der Waals surface area contributed by atoms with Crippen LogP contribution in [0.2, 0.25) is 0 Å². The number of aromatic nitrogens is 1. The fraction of sp³-hybridized carbons (Fsp3) is 0.627. The third-order valence-electron chi connectivity index (χ3n) is 12.2. The highest BCUT2D eigenvalue weighted by molar-refractivity contribution is 7.09. The van der Waals surface area contributed by atoms with Crippen molar-refractivity contribution in [3.63, 3.8) is 0 Å². The van der Waals surface area contributed by atoms with Gasteiger partial charge in [0.1, 0.15) is 5.01 Å². The van der Waals surface area contributed by atoms with Crippen molar-refractivity contribution in [2.45, 2.75) is 144 Å². The molecule has 0 saturated carbocycles. The first kappa shape index (κ1) is 56.8. The molecular formula is C51H83N7O6S. The summed E-state index contributed by atoms with van der Waals surface area (Å²) in [6.45, 7) is 19.2. The SMILES string of the molecule is CC.CCC.CCC(C)C(C(CC(=O)N1CCCC1C(OC)C(C)C(=O)NC(Cc1ccccc1)c1nccs1)OC)N(C)C(=O)CNC(=O)C(C(C)C)N(C)CCc1ccc(N)cc1. The van der Waals surface area contributed by atoms with Gasteiger partial charge in [-0.05, 0) is 67.8 Å². The Balaban J connectivity index is 0.00000278. The van der Waals surface area contributed by atoms with E-state index in [0.717, 1.165) is 35.4 Å². The van der Waals surface area contributed by atoms with E-state index in [9.17, 15) is 19.2 Å². The van der Waals surface area contributed by atoms with Crippen LogP contribution in [0, 0.1) is 17.8 Å². The van der Waals surface area contributed by atoms with Gasteiger partial charge in [0.2, 0.25) is 23.6 Å². The minimum absolute atomic E-state index is 0.00979. The number of rotatable bonds is 23. The van der Waals surface area contributed by atoms with Gasteiger partial charge < -0.3 is 35.6 Å². The van der Waals surface area contributed by atoms with Crippen molar-refractivity contribution in [1.82, 2.24) is 30.3 Å². The number of hydrogen-bond acceptors (Lipinski definition) is 10. The number of methoxy groups -OCH3 is 2. The molecule has 1 fully saturated rings. The second kappa shape index (κ2) is 30.0. The van der Waals surface area contributed by atoms with Gasteiger partial charge in [0.05, 0.1) is 55.3 Å². The van der Waals surface area contributed by atoms with E-state index in [-0.39, 0.29) is 60.5 Å². The topological polar surface area (TPSA) is 159 Å². The maximum atomic E-state index is 14.3. The zero-order chi connectivity index (χ0) is 48.6. The summed E-state index contributed by atoms with van der Waals surface area (Å²) in [5.74, 6) is -1.33. The number of thiazole rings is 1. The molecule has 13 nitrogen and oxygen atoms in total. The molecule has 2 aromatic carbocycles. The molecule has 1 aliphatic rings. The Hall–Kier alpha value is -4.37. The minimum atomic E-state index is -0.611. The highest BCUT2D eigenvalue weighted by atomic mass is 32.1. The van der Waals surface area contributed by atoms with Gasteiger partial charge in [-0.3, -0.25) is 24.1 Å². The molecule has 3 aromatic rings. The summed E-state index contributed by atoms with van der Waals surface area (Å²) in [5.41, 5.74) is 8.77. The number of anilines is 1. The smallest absolute Gasteiger partial charge is 0.242 e.